The lowest BCUT2D eigenvalue weighted by atomic mass is 9.96. The van der Waals surface area contributed by atoms with E-state index in [1.807, 2.05) is 20.8 Å². The average Bonchev–Trinajstić information content (AvgIpc) is 3.27. The smallest absolute Gasteiger partial charge is 0.326 e. The van der Waals surface area contributed by atoms with Crippen LogP contribution in [0.25, 0.3) is 0 Å². The third-order valence-corrected chi connectivity index (χ3v) is 5.80. The fourth-order valence-electron chi connectivity index (χ4n) is 3.64. The number of carbonyl (C=O) groups is 5. The predicted molar refractivity (Wildman–Crippen MR) is 122 cm³/mol. The molecule has 11 heteroatoms. The molecule has 0 aromatic rings. The van der Waals surface area contributed by atoms with E-state index in [0.29, 0.717) is 19.3 Å². The van der Waals surface area contributed by atoms with Crippen LogP contribution >= 0.6 is 0 Å². The number of primary amides is 1. The van der Waals surface area contributed by atoms with Gasteiger partial charge in [-0.25, -0.2) is 4.79 Å². The molecule has 5 unspecified atom stereocenters. The molecule has 1 saturated heterocycles. The number of aliphatic carboxylic acids is 1. The van der Waals surface area contributed by atoms with Crippen molar-refractivity contribution >= 4 is 29.6 Å². The number of carboxylic acid groups (broad SMARTS) is 1. The molecule has 1 heterocycles. The van der Waals surface area contributed by atoms with E-state index >= 15 is 0 Å². The maximum absolute atomic E-state index is 13.1. The molecule has 0 radical (unpaired) electrons. The predicted octanol–water partition coefficient (Wildman–Crippen LogP) is -0.365. The summed E-state index contributed by atoms with van der Waals surface area (Å²) >= 11 is 0. The number of rotatable bonds is 14. The summed E-state index contributed by atoms with van der Waals surface area (Å²) in [5.41, 5.74) is 5.08. The summed E-state index contributed by atoms with van der Waals surface area (Å²) in [5, 5.41) is 20.4. The standard InChI is InChI=1S/C22H39N5O6/c1-5-13(4)18(21(31)25-15(22(32)33)8-9-17(23)28)27-20(30)16(11-12(2)3)26-19(29)14-7-6-10-24-14/h12-16,18,24H,5-11H2,1-4H3,(H2,23,28)(H,25,31)(H,26,29)(H,27,30)(H,32,33). The van der Waals surface area contributed by atoms with Crippen LogP contribution in [-0.2, 0) is 24.0 Å². The van der Waals surface area contributed by atoms with E-state index < -0.39 is 41.8 Å². The monoisotopic (exact) mass is 469 g/mol. The van der Waals surface area contributed by atoms with Crippen molar-refractivity contribution in [1.82, 2.24) is 21.3 Å². The van der Waals surface area contributed by atoms with Crippen molar-refractivity contribution in [2.24, 2.45) is 17.6 Å². The van der Waals surface area contributed by atoms with Crippen molar-refractivity contribution in [2.45, 2.75) is 90.4 Å². The largest absolute Gasteiger partial charge is 0.480 e. The molecule has 1 fully saturated rings. The summed E-state index contributed by atoms with van der Waals surface area (Å²) in [7, 11) is 0. The Morgan fingerprint density at radius 2 is 1.70 bits per heavy atom. The SMILES string of the molecule is CCC(C)C(NC(=O)C(CC(C)C)NC(=O)C1CCCN1)C(=O)NC(CCC(N)=O)C(=O)O. The zero-order chi connectivity index (χ0) is 25.1. The number of amides is 4. The Labute approximate surface area is 195 Å². The van der Waals surface area contributed by atoms with Gasteiger partial charge in [0.05, 0.1) is 6.04 Å². The Balaban J connectivity index is 2.94. The van der Waals surface area contributed by atoms with Gasteiger partial charge in [0.25, 0.3) is 0 Å². The second-order valence-corrected chi connectivity index (χ2v) is 9.12. The first kappa shape index (κ1) is 28.3. The molecular formula is C22H39N5O6. The van der Waals surface area contributed by atoms with Crippen LogP contribution in [0, 0.1) is 11.8 Å². The lowest BCUT2D eigenvalue weighted by Crippen LogP contribution is -2.58. The molecule has 33 heavy (non-hydrogen) atoms. The van der Waals surface area contributed by atoms with E-state index in [1.165, 1.54) is 0 Å². The Kier molecular flexibility index (Phi) is 11.8. The van der Waals surface area contributed by atoms with Crippen molar-refractivity contribution in [3.63, 3.8) is 0 Å². The molecule has 0 spiro atoms. The minimum atomic E-state index is -1.31. The van der Waals surface area contributed by atoms with Gasteiger partial charge in [0, 0.05) is 6.42 Å². The molecule has 0 saturated carbocycles. The maximum Gasteiger partial charge on any atom is 0.326 e. The van der Waals surface area contributed by atoms with E-state index in [2.05, 4.69) is 21.3 Å². The van der Waals surface area contributed by atoms with Crippen molar-refractivity contribution in [3.05, 3.63) is 0 Å². The highest BCUT2D eigenvalue weighted by Crippen LogP contribution is 2.13. The lowest BCUT2D eigenvalue weighted by molar-refractivity contribution is -0.143. The van der Waals surface area contributed by atoms with Gasteiger partial charge in [-0.1, -0.05) is 34.1 Å². The Morgan fingerprint density at radius 3 is 2.18 bits per heavy atom. The van der Waals surface area contributed by atoms with Crippen molar-refractivity contribution in [2.75, 3.05) is 6.54 Å². The molecule has 188 valence electrons. The van der Waals surface area contributed by atoms with E-state index in [1.54, 1.807) is 6.92 Å². The molecule has 5 atom stereocenters. The van der Waals surface area contributed by atoms with E-state index in [0.717, 1.165) is 13.0 Å². The Hall–Kier alpha value is -2.69. The van der Waals surface area contributed by atoms with E-state index in [-0.39, 0.29) is 36.6 Å². The van der Waals surface area contributed by atoms with Gasteiger partial charge >= 0.3 is 5.97 Å². The Morgan fingerprint density at radius 1 is 1.03 bits per heavy atom. The zero-order valence-electron chi connectivity index (χ0n) is 20.0. The quantitative estimate of drug-likeness (QED) is 0.201. The summed E-state index contributed by atoms with van der Waals surface area (Å²) in [4.78, 5) is 61.1. The summed E-state index contributed by atoms with van der Waals surface area (Å²) in [5.74, 6) is -3.58. The fraction of sp³-hybridized carbons (Fsp3) is 0.773. The van der Waals surface area contributed by atoms with Crippen molar-refractivity contribution < 1.29 is 29.1 Å². The summed E-state index contributed by atoms with van der Waals surface area (Å²) < 4.78 is 0. The van der Waals surface area contributed by atoms with Crippen LogP contribution < -0.4 is 27.0 Å². The topological polar surface area (TPSA) is 180 Å². The van der Waals surface area contributed by atoms with Gasteiger partial charge in [-0.2, -0.15) is 0 Å². The number of carbonyl (C=O) groups excluding carboxylic acids is 4. The fourth-order valence-corrected chi connectivity index (χ4v) is 3.64. The van der Waals surface area contributed by atoms with Gasteiger partial charge in [-0.15, -0.1) is 0 Å². The minimum Gasteiger partial charge on any atom is -0.480 e. The summed E-state index contributed by atoms with van der Waals surface area (Å²) in [6, 6.07) is -3.49. The van der Waals surface area contributed by atoms with Gasteiger partial charge in [-0.05, 0) is 44.1 Å². The maximum atomic E-state index is 13.1. The van der Waals surface area contributed by atoms with Gasteiger partial charge in [-0.3, -0.25) is 19.2 Å². The molecule has 0 bridgehead atoms. The van der Waals surface area contributed by atoms with Gasteiger partial charge in [0.2, 0.25) is 23.6 Å². The molecule has 0 aliphatic carbocycles. The Bertz CT molecular complexity index is 707. The normalized spacial score (nSPS) is 19.2. The third kappa shape index (κ3) is 9.77. The molecule has 4 amide bonds. The molecule has 1 aliphatic rings. The number of nitrogens with one attached hydrogen (secondary N) is 4. The van der Waals surface area contributed by atoms with E-state index in [4.69, 9.17) is 5.73 Å². The first-order valence-electron chi connectivity index (χ1n) is 11.6. The van der Waals surface area contributed by atoms with Crippen LogP contribution in [0.3, 0.4) is 0 Å². The van der Waals surface area contributed by atoms with Gasteiger partial charge in [0.1, 0.15) is 18.1 Å². The number of hydrogen-bond acceptors (Lipinski definition) is 6. The highest BCUT2D eigenvalue weighted by molar-refractivity contribution is 5.94. The van der Waals surface area contributed by atoms with Crippen LogP contribution in [0.4, 0.5) is 0 Å². The first-order valence-corrected chi connectivity index (χ1v) is 11.6. The summed E-state index contributed by atoms with van der Waals surface area (Å²) in [6.45, 7) is 8.21. The van der Waals surface area contributed by atoms with Crippen LogP contribution in [0.15, 0.2) is 0 Å². The second kappa shape index (κ2) is 13.8. The van der Waals surface area contributed by atoms with Crippen LogP contribution in [0.5, 0.6) is 0 Å². The minimum absolute atomic E-state index is 0.110. The molecule has 1 aliphatic heterocycles. The molecule has 0 aromatic heterocycles. The van der Waals surface area contributed by atoms with Crippen LogP contribution in [0.1, 0.15) is 66.2 Å². The van der Waals surface area contributed by atoms with Crippen LogP contribution in [0.2, 0.25) is 0 Å². The van der Waals surface area contributed by atoms with E-state index in [9.17, 15) is 29.1 Å². The highest BCUT2D eigenvalue weighted by Gasteiger charge is 2.33. The first-order chi connectivity index (χ1) is 15.5. The van der Waals surface area contributed by atoms with Gasteiger partial charge < -0.3 is 32.1 Å². The molecule has 0 aromatic carbocycles. The highest BCUT2D eigenvalue weighted by atomic mass is 16.4. The number of carboxylic acids is 1. The van der Waals surface area contributed by atoms with Crippen molar-refractivity contribution in [1.29, 1.82) is 0 Å². The molecule has 11 nitrogen and oxygen atoms in total. The number of nitrogens with two attached hydrogens (primary N) is 1. The zero-order valence-corrected chi connectivity index (χ0v) is 20.0. The molecule has 7 N–H and O–H groups in total. The lowest BCUT2D eigenvalue weighted by Gasteiger charge is -2.28. The van der Waals surface area contributed by atoms with Crippen LogP contribution in [-0.4, -0.2) is 65.4 Å². The average molecular weight is 470 g/mol. The van der Waals surface area contributed by atoms with Gasteiger partial charge in [0.15, 0.2) is 0 Å². The van der Waals surface area contributed by atoms with Crippen molar-refractivity contribution in [3.8, 4) is 0 Å². The second-order valence-electron chi connectivity index (χ2n) is 9.12. The summed E-state index contributed by atoms with van der Waals surface area (Å²) in [6.07, 6.45) is 2.16. The molecular weight excluding hydrogens is 430 g/mol. The number of hydrogen-bond donors (Lipinski definition) is 6. The molecule has 1 rings (SSSR count). The third-order valence-electron chi connectivity index (χ3n) is 5.80.